The second-order valence-corrected chi connectivity index (χ2v) is 6.74. The van der Waals surface area contributed by atoms with Crippen molar-refractivity contribution in [2.75, 3.05) is 25.0 Å². The lowest BCUT2D eigenvalue weighted by Crippen LogP contribution is -2.48. The summed E-state index contributed by atoms with van der Waals surface area (Å²) in [4.78, 5) is 38.1. The monoisotopic (exact) mass is 368 g/mol. The van der Waals surface area contributed by atoms with Crippen LogP contribution in [0.3, 0.4) is 0 Å². The molecule has 10 nitrogen and oxygen atoms in total. The fourth-order valence-electron chi connectivity index (χ4n) is 1.98. The van der Waals surface area contributed by atoms with Crippen molar-refractivity contribution in [2.45, 2.75) is 5.25 Å². The van der Waals surface area contributed by atoms with Gasteiger partial charge in [-0.1, -0.05) is 12.1 Å². The highest BCUT2D eigenvalue weighted by atomic mass is 32.2. The number of amides is 4. The number of hydrogen-bond donors (Lipinski definition) is 3. The number of carbonyl (C=O) groups is 3. The Morgan fingerprint density at radius 2 is 2.04 bits per heavy atom. The number of methoxy groups -OCH3 is 1. The van der Waals surface area contributed by atoms with Crippen LogP contribution in [-0.2, 0) is 19.6 Å². The molecule has 11 heteroatoms. The third-order valence-electron chi connectivity index (χ3n) is 3.17. The van der Waals surface area contributed by atoms with E-state index in [1.54, 1.807) is 11.4 Å². The van der Waals surface area contributed by atoms with Crippen molar-refractivity contribution in [3.63, 3.8) is 0 Å². The number of ether oxygens (including phenoxy) is 1. The molecule has 0 fully saturated rings. The van der Waals surface area contributed by atoms with Crippen molar-refractivity contribution >= 4 is 39.8 Å². The molecule has 1 heterocycles. The van der Waals surface area contributed by atoms with Crippen LogP contribution in [0.1, 0.15) is 10.4 Å². The van der Waals surface area contributed by atoms with E-state index in [-0.39, 0.29) is 17.8 Å². The molecule has 25 heavy (non-hydrogen) atoms. The van der Waals surface area contributed by atoms with Crippen LogP contribution in [-0.4, -0.2) is 58.0 Å². The lowest BCUT2D eigenvalue weighted by atomic mass is 10.2. The van der Waals surface area contributed by atoms with Gasteiger partial charge in [-0.15, -0.1) is 0 Å². The number of benzene rings is 1. The fourth-order valence-corrected chi connectivity index (χ4v) is 3.15. The summed E-state index contributed by atoms with van der Waals surface area (Å²) in [5.74, 6) is -1.53. The summed E-state index contributed by atoms with van der Waals surface area (Å²) < 4.78 is 31.8. The Kier molecular flexibility index (Phi) is 5.83. The van der Waals surface area contributed by atoms with E-state index in [2.05, 4.69) is 15.0 Å². The number of aliphatic imine (C=N–C) groups is 1. The number of nitrogens with zero attached hydrogens (tertiary/aromatic N) is 1. The van der Waals surface area contributed by atoms with Gasteiger partial charge in [0.05, 0.1) is 17.9 Å². The van der Waals surface area contributed by atoms with E-state index in [9.17, 15) is 22.8 Å². The first kappa shape index (κ1) is 18.5. The second-order valence-electron chi connectivity index (χ2n) is 4.93. The van der Waals surface area contributed by atoms with E-state index in [0.717, 1.165) is 6.21 Å². The maximum absolute atomic E-state index is 12.4. The third kappa shape index (κ3) is 4.61. The molecule has 134 valence electrons. The molecule has 0 bridgehead atoms. The number of para-hydroxylation sites is 1. The molecule has 0 saturated heterocycles. The largest absolute Gasteiger partial charge is 0.383 e. The molecule has 1 atom stereocenters. The first-order valence-electron chi connectivity index (χ1n) is 7.12. The molecule has 3 N–H and O–H groups in total. The molecule has 0 spiro atoms. The molecular weight excluding hydrogens is 352 g/mol. The molecule has 4 amide bonds. The number of carbonyl (C=O) groups excluding carboxylic acids is 3. The number of rotatable bonds is 7. The number of anilines is 1. The molecule has 0 radical (unpaired) electrons. The van der Waals surface area contributed by atoms with E-state index in [1.165, 1.54) is 25.3 Å². The molecular formula is C14H16N4O6S. The summed E-state index contributed by atoms with van der Waals surface area (Å²) in [6.07, 6.45) is 0.741. The summed E-state index contributed by atoms with van der Waals surface area (Å²) in [5.41, 5.74) is 0.0712. The average Bonchev–Trinajstić information content (AvgIpc) is 2.54. The zero-order chi connectivity index (χ0) is 18.4. The van der Waals surface area contributed by atoms with Crippen LogP contribution >= 0.6 is 0 Å². The van der Waals surface area contributed by atoms with Crippen molar-refractivity contribution in [3.8, 4) is 0 Å². The zero-order valence-electron chi connectivity index (χ0n) is 13.2. The summed E-state index contributed by atoms with van der Waals surface area (Å²) >= 11 is 0. The van der Waals surface area contributed by atoms with Crippen LogP contribution in [0.2, 0.25) is 0 Å². The SMILES string of the molecule is COCCNC(=O)c1ccccc1NS(=O)(=O)C1C=NC(=O)NC1=O. The standard InChI is InChI=1S/C14H16N4O6S/c1-24-7-6-15-12(19)9-4-2-3-5-10(9)18-25(22,23)11-8-16-14(21)17-13(11)20/h2-5,8,11,18H,6-7H2,1H3,(H,15,19)(H,17,20,21). The summed E-state index contributed by atoms with van der Waals surface area (Å²) in [5, 5.41) is 2.69. The van der Waals surface area contributed by atoms with Gasteiger partial charge in [0, 0.05) is 19.9 Å². The highest BCUT2D eigenvalue weighted by Crippen LogP contribution is 2.18. The van der Waals surface area contributed by atoms with Gasteiger partial charge in [0.15, 0.2) is 5.25 Å². The van der Waals surface area contributed by atoms with Gasteiger partial charge < -0.3 is 10.1 Å². The third-order valence-corrected chi connectivity index (χ3v) is 4.67. The van der Waals surface area contributed by atoms with Crippen molar-refractivity contribution < 1.29 is 27.5 Å². The van der Waals surface area contributed by atoms with Crippen LogP contribution in [0.25, 0.3) is 0 Å². The van der Waals surface area contributed by atoms with Crippen LogP contribution in [0, 0.1) is 0 Å². The van der Waals surface area contributed by atoms with Crippen LogP contribution < -0.4 is 15.4 Å². The molecule has 0 saturated carbocycles. The first-order valence-corrected chi connectivity index (χ1v) is 8.66. The number of imide groups is 1. The van der Waals surface area contributed by atoms with Gasteiger partial charge in [-0.25, -0.2) is 18.2 Å². The number of sulfonamides is 1. The van der Waals surface area contributed by atoms with Gasteiger partial charge in [-0.2, -0.15) is 0 Å². The summed E-state index contributed by atoms with van der Waals surface area (Å²) in [6, 6.07) is 4.97. The molecule has 1 unspecified atom stereocenters. The quantitative estimate of drug-likeness (QED) is 0.553. The predicted molar refractivity (Wildman–Crippen MR) is 89.0 cm³/mol. The van der Waals surface area contributed by atoms with E-state index in [0.29, 0.717) is 6.61 Å². The number of urea groups is 1. The normalized spacial score (nSPS) is 17.1. The zero-order valence-corrected chi connectivity index (χ0v) is 14.0. The van der Waals surface area contributed by atoms with Gasteiger partial charge in [0.1, 0.15) is 0 Å². The Hall–Kier alpha value is -2.79. The van der Waals surface area contributed by atoms with Gasteiger partial charge in [0.2, 0.25) is 10.0 Å². The van der Waals surface area contributed by atoms with Crippen LogP contribution in [0.5, 0.6) is 0 Å². The molecule has 1 aliphatic rings. The Labute approximate surface area is 143 Å². The highest BCUT2D eigenvalue weighted by Gasteiger charge is 2.35. The van der Waals surface area contributed by atoms with Crippen molar-refractivity contribution in [2.24, 2.45) is 4.99 Å². The Morgan fingerprint density at radius 3 is 2.72 bits per heavy atom. The Bertz CT molecular complexity index is 820. The smallest absolute Gasteiger partial charge is 0.347 e. The lowest BCUT2D eigenvalue weighted by molar-refractivity contribution is -0.118. The number of hydrogen-bond acceptors (Lipinski definition) is 6. The minimum Gasteiger partial charge on any atom is -0.383 e. The molecule has 2 rings (SSSR count). The minimum atomic E-state index is -4.26. The van der Waals surface area contributed by atoms with E-state index >= 15 is 0 Å². The molecule has 1 aromatic carbocycles. The highest BCUT2D eigenvalue weighted by molar-refractivity contribution is 7.94. The molecule has 0 aliphatic carbocycles. The van der Waals surface area contributed by atoms with E-state index in [4.69, 9.17) is 4.74 Å². The second kappa shape index (κ2) is 7.85. The summed E-state index contributed by atoms with van der Waals surface area (Å²) in [7, 11) is -2.78. The Balaban J connectivity index is 2.22. The van der Waals surface area contributed by atoms with E-state index < -0.39 is 33.1 Å². The van der Waals surface area contributed by atoms with Crippen molar-refractivity contribution in [1.29, 1.82) is 0 Å². The van der Waals surface area contributed by atoms with Crippen molar-refractivity contribution in [3.05, 3.63) is 29.8 Å². The first-order chi connectivity index (χ1) is 11.8. The predicted octanol–water partition coefficient (Wildman–Crippen LogP) is -0.506. The van der Waals surface area contributed by atoms with Crippen molar-refractivity contribution in [1.82, 2.24) is 10.6 Å². The van der Waals surface area contributed by atoms with Gasteiger partial charge >= 0.3 is 6.03 Å². The average molecular weight is 368 g/mol. The maximum Gasteiger partial charge on any atom is 0.347 e. The van der Waals surface area contributed by atoms with E-state index in [1.807, 2.05) is 0 Å². The lowest BCUT2D eigenvalue weighted by Gasteiger charge is -2.18. The van der Waals surface area contributed by atoms with Crippen LogP contribution in [0.15, 0.2) is 29.3 Å². The van der Waals surface area contributed by atoms with Gasteiger partial charge in [-0.05, 0) is 12.1 Å². The summed E-state index contributed by atoms with van der Waals surface area (Å²) in [6.45, 7) is 0.544. The van der Waals surface area contributed by atoms with Crippen LogP contribution in [0.4, 0.5) is 10.5 Å². The molecule has 1 aliphatic heterocycles. The van der Waals surface area contributed by atoms with Gasteiger partial charge in [0.25, 0.3) is 11.8 Å². The minimum absolute atomic E-state index is 0.00415. The number of nitrogens with one attached hydrogen (secondary N) is 3. The fraction of sp³-hybridized carbons (Fsp3) is 0.286. The molecule has 0 aromatic heterocycles. The topological polar surface area (TPSA) is 143 Å². The molecule has 1 aromatic rings. The Morgan fingerprint density at radius 1 is 1.32 bits per heavy atom. The maximum atomic E-state index is 12.4. The van der Waals surface area contributed by atoms with Gasteiger partial charge in [-0.3, -0.25) is 19.6 Å².